The number of alkyl halides is 3. The first-order chi connectivity index (χ1) is 20.4. The Kier molecular flexibility index (Phi) is 8.33. The van der Waals surface area contributed by atoms with E-state index in [1.54, 1.807) is 7.11 Å². The molecular weight excluding hydrogens is 588 g/mol. The molecule has 4 aromatic rings. The Bertz CT molecular complexity index is 1740. The van der Waals surface area contributed by atoms with Crippen LogP contribution in [-0.2, 0) is 15.7 Å². The average molecular weight is 613 g/mol. The molecular formula is C29H24F4N6O3S. The second-order valence-electron chi connectivity index (χ2n) is 9.54. The van der Waals surface area contributed by atoms with Gasteiger partial charge in [-0.1, -0.05) is 30.0 Å². The van der Waals surface area contributed by atoms with Gasteiger partial charge in [0, 0.05) is 18.2 Å². The Balaban J connectivity index is 1.35. The highest BCUT2D eigenvalue weighted by Gasteiger charge is 2.33. The summed E-state index contributed by atoms with van der Waals surface area (Å²) in [5.74, 6) is -0.947. The van der Waals surface area contributed by atoms with Crippen LogP contribution in [0.4, 0.5) is 33.7 Å². The lowest BCUT2D eigenvalue weighted by molar-refractivity contribution is -0.137. The number of hydrogen-bond donors (Lipinski definition) is 1. The molecule has 1 saturated heterocycles. The van der Waals surface area contributed by atoms with Crippen molar-refractivity contribution in [3.8, 4) is 17.1 Å². The lowest BCUT2D eigenvalue weighted by atomic mass is 10.0. The zero-order chi connectivity index (χ0) is 30.9. The third kappa shape index (κ3) is 6.44. The van der Waals surface area contributed by atoms with Gasteiger partial charge in [-0.15, -0.1) is 5.10 Å². The molecule has 1 aliphatic heterocycles. The van der Waals surface area contributed by atoms with Gasteiger partial charge in [-0.05, 0) is 61.9 Å². The molecule has 5 rings (SSSR count). The van der Waals surface area contributed by atoms with Crippen molar-refractivity contribution in [2.75, 3.05) is 23.1 Å². The van der Waals surface area contributed by atoms with Crippen LogP contribution in [0, 0.1) is 12.7 Å². The van der Waals surface area contributed by atoms with Crippen LogP contribution in [0.15, 0.2) is 72.0 Å². The number of thioether (sulfide) groups is 1. The molecule has 1 N–H and O–H groups in total. The minimum Gasteiger partial charge on any atom is -0.377 e. The summed E-state index contributed by atoms with van der Waals surface area (Å²) in [6.45, 7) is 3.71. The Morgan fingerprint density at radius 3 is 2.65 bits per heavy atom. The predicted octanol–water partition coefficient (Wildman–Crippen LogP) is 6.78. The fraction of sp³-hybridized carbons (Fsp3) is 0.207. The summed E-state index contributed by atoms with van der Waals surface area (Å²) in [5.41, 5.74) is 1.52. The summed E-state index contributed by atoms with van der Waals surface area (Å²) in [6.07, 6.45) is -3.64. The number of amides is 3. The van der Waals surface area contributed by atoms with Crippen LogP contribution >= 0.6 is 11.8 Å². The molecule has 1 unspecified atom stereocenters. The van der Waals surface area contributed by atoms with Gasteiger partial charge in [0.1, 0.15) is 12.1 Å². The fourth-order valence-electron chi connectivity index (χ4n) is 4.33. The summed E-state index contributed by atoms with van der Waals surface area (Å²) in [4.78, 5) is 35.1. The number of aromatic nitrogens is 3. The minimum absolute atomic E-state index is 0.0604. The number of methoxy groups -OCH3 is 1. The molecule has 0 bridgehead atoms. The van der Waals surface area contributed by atoms with E-state index in [0.29, 0.717) is 5.69 Å². The third-order valence-electron chi connectivity index (χ3n) is 6.58. The van der Waals surface area contributed by atoms with E-state index in [2.05, 4.69) is 20.4 Å². The van der Waals surface area contributed by atoms with Crippen molar-refractivity contribution >= 4 is 40.2 Å². The third-order valence-corrected chi connectivity index (χ3v) is 7.50. The number of nitrogens with zero attached hydrogens (tertiary/aromatic N) is 5. The average Bonchev–Trinajstić information content (AvgIpc) is 3.60. The second kappa shape index (κ2) is 12.0. The molecule has 3 amide bonds. The maximum absolute atomic E-state index is 15.0. The number of rotatable bonds is 6. The number of anilines is 2. The summed E-state index contributed by atoms with van der Waals surface area (Å²) in [7, 11) is 1.55. The number of aryl methyl sites for hydroxylation is 1. The van der Waals surface area contributed by atoms with Crippen molar-refractivity contribution in [2.24, 2.45) is 4.99 Å². The van der Waals surface area contributed by atoms with Crippen molar-refractivity contribution in [1.29, 1.82) is 0 Å². The molecule has 0 saturated carbocycles. The normalized spacial score (nSPS) is 15.3. The summed E-state index contributed by atoms with van der Waals surface area (Å²) >= 11 is 1.08. The molecule has 0 radical (unpaired) electrons. The summed E-state index contributed by atoms with van der Waals surface area (Å²) < 4.78 is 60.8. The van der Waals surface area contributed by atoms with Gasteiger partial charge in [0.05, 0.1) is 34.5 Å². The van der Waals surface area contributed by atoms with Gasteiger partial charge in [0.15, 0.2) is 11.0 Å². The van der Waals surface area contributed by atoms with E-state index in [1.807, 2.05) is 32.0 Å². The quantitative estimate of drug-likeness (QED) is 0.241. The van der Waals surface area contributed by atoms with E-state index < -0.39 is 23.6 Å². The number of benzene rings is 3. The Labute approximate surface area is 247 Å². The van der Waals surface area contributed by atoms with Crippen molar-refractivity contribution in [2.45, 2.75) is 26.1 Å². The van der Waals surface area contributed by atoms with E-state index in [0.717, 1.165) is 45.8 Å². The number of halogens is 4. The number of nitrogens with one attached hydrogen (secondary N) is 1. The van der Waals surface area contributed by atoms with Crippen molar-refractivity contribution < 1.29 is 31.9 Å². The van der Waals surface area contributed by atoms with Crippen LogP contribution in [0.3, 0.4) is 0 Å². The molecule has 222 valence electrons. The van der Waals surface area contributed by atoms with Gasteiger partial charge in [0.2, 0.25) is 5.91 Å². The Morgan fingerprint density at radius 1 is 1.14 bits per heavy atom. The number of urea groups is 1. The molecule has 14 heteroatoms. The maximum Gasteiger partial charge on any atom is 0.416 e. The summed E-state index contributed by atoms with van der Waals surface area (Å²) in [6, 6.07) is 13.0. The standard InChI is InChI=1S/C29H24F4N6O3S/c1-16-7-9-21(17(2)42-3)24(11-16)39-25(40)14-43-28(39)36-27(41)35-23-10-8-18(12-22(23)30)26-34-15-38(37-26)20-6-4-5-19(13-20)29(31,32)33/h4-13,15,17H,14H2,1-3H3,(H,35,41). The molecule has 3 aromatic carbocycles. The van der Waals surface area contributed by atoms with Crippen molar-refractivity contribution in [3.63, 3.8) is 0 Å². The highest BCUT2D eigenvalue weighted by molar-refractivity contribution is 8.15. The number of carbonyl (C=O) groups is 2. The van der Waals surface area contributed by atoms with Gasteiger partial charge >= 0.3 is 12.2 Å². The molecule has 43 heavy (non-hydrogen) atoms. The number of carbonyl (C=O) groups excluding carboxylic acids is 2. The molecule has 1 fully saturated rings. The van der Waals surface area contributed by atoms with Crippen molar-refractivity contribution in [1.82, 2.24) is 14.8 Å². The van der Waals surface area contributed by atoms with Gasteiger partial charge in [0.25, 0.3) is 0 Å². The smallest absolute Gasteiger partial charge is 0.377 e. The minimum atomic E-state index is -4.52. The topological polar surface area (TPSA) is 102 Å². The van der Waals surface area contributed by atoms with Crippen LogP contribution in [-0.4, -0.2) is 44.7 Å². The molecule has 1 atom stereocenters. The van der Waals surface area contributed by atoms with E-state index in [1.165, 1.54) is 35.5 Å². The maximum atomic E-state index is 15.0. The molecule has 1 aromatic heterocycles. The van der Waals surface area contributed by atoms with Crippen LogP contribution in [0.5, 0.6) is 0 Å². The molecule has 0 spiro atoms. The molecule has 0 aliphatic carbocycles. The Morgan fingerprint density at radius 2 is 1.93 bits per heavy atom. The van der Waals surface area contributed by atoms with Gasteiger partial charge in [-0.2, -0.15) is 18.2 Å². The van der Waals surface area contributed by atoms with Gasteiger partial charge < -0.3 is 10.1 Å². The number of amidine groups is 1. The zero-order valence-electron chi connectivity index (χ0n) is 23.0. The van der Waals surface area contributed by atoms with Gasteiger partial charge in [-0.3, -0.25) is 9.69 Å². The first kappa shape index (κ1) is 29.9. The van der Waals surface area contributed by atoms with E-state index >= 15 is 4.39 Å². The Hall–Kier alpha value is -4.56. The lowest BCUT2D eigenvalue weighted by Crippen LogP contribution is -2.31. The molecule has 1 aliphatic rings. The lowest BCUT2D eigenvalue weighted by Gasteiger charge is -2.23. The first-order valence-corrected chi connectivity index (χ1v) is 13.8. The highest BCUT2D eigenvalue weighted by atomic mass is 32.2. The van der Waals surface area contributed by atoms with Crippen LogP contribution in [0.2, 0.25) is 0 Å². The van der Waals surface area contributed by atoms with E-state index in [4.69, 9.17) is 4.74 Å². The monoisotopic (exact) mass is 612 g/mol. The molecule has 2 heterocycles. The zero-order valence-corrected chi connectivity index (χ0v) is 23.8. The highest BCUT2D eigenvalue weighted by Crippen LogP contribution is 2.35. The largest absolute Gasteiger partial charge is 0.416 e. The summed E-state index contributed by atoms with van der Waals surface area (Å²) in [5, 5.41) is 6.69. The van der Waals surface area contributed by atoms with E-state index in [9.17, 15) is 22.8 Å². The molecule has 9 nitrogen and oxygen atoms in total. The second-order valence-corrected chi connectivity index (χ2v) is 10.5. The van der Waals surface area contributed by atoms with Crippen LogP contribution in [0.1, 0.15) is 29.7 Å². The predicted molar refractivity (Wildman–Crippen MR) is 155 cm³/mol. The van der Waals surface area contributed by atoms with E-state index in [-0.39, 0.29) is 45.7 Å². The van der Waals surface area contributed by atoms with Crippen molar-refractivity contribution in [3.05, 3.63) is 89.5 Å². The van der Waals surface area contributed by atoms with Crippen LogP contribution in [0.25, 0.3) is 17.1 Å². The SMILES string of the molecule is COC(C)c1ccc(C)cc1N1C(=O)CSC1=NC(=O)Nc1ccc(-c2ncn(-c3cccc(C(F)(F)F)c3)n2)cc1F. The van der Waals surface area contributed by atoms with Crippen LogP contribution < -0.4 is 10.2 Å². The first-order valence-electron chi connectivity index (χ1n) is 12.8. The number of ether oxygens (including phenoxy) is 1. The van der Waals surface area contributed by atoms with Gasteiger partial charge in [-0.25, -0.2) is 18.9 Å². The number of hydrogen-bond acceptors (Lipinski definition) is 6. The number of aliphatic imine (C=N–C) groups is 1. The fourth-order valence-corrected chi connectivity index (χ4v) is 5.19.